The fourth-order valence-corrected chi connectivity index (χ4v) is 2.92. The van der Waals surface area contributed by atoms with Gasteiger partial charge in [-0.15, -0.1) is 0 Å². The molecule has 3 heterocycles. The molecular weight excluding hydrogens is 280 g/mol. The van der Waals surface area contributed by atoms with Gasteiger partial charge >= 0.3 is 0 Å². The Bertz CT molecular complexity index is 605. The molecule has 2 aromatic rings. The molecule has 0 bridgehead atoms. The molecule has 1 aliphatic heterocycles. The van der Waals surface area contributed by atoms with E-state index < -0.39 is 0 Å². The number of furan rings is 1. The van der Waals surface area contributed by atoms with Gasteiger partial charge in [0.2, 0.25) is 5.91 Å². The number of rotatable bonds is 5. The van der Waals surface area contributed by atoms with E-state index in [9.17, 15) is 4.79 Å². The van der Waals surface area contributed by atoms with Gasteiger partial charge in [0.1, 0.15) is 5.76 Å². The predicted octanol–water partition coefficient (Wildman–Crippen LogP) is 1.84. The number of aromatic amines is 1. The quantitative estimate of drug-likeness (QED) is 0.884. The lowest BCUT2D eigenvalue weighted by molar-refractivity contribution is -0.127. The van der Waals surface area contributed by atoms with E-state index >= 15 is 0 Å². The van der Waals surface area contributed by atoms with Crippen LogP contribution in [-0.4, -0.2) is 34.1 Å². The van der Waals surface area contributed by atoms with Crippen LogP contribution in [-0.2, 0) is 17.9 Å². The van der Waals surface area contributed by atoms with Gasteiger partial charge in [-0.05, 0) is 44.5 Å². The van der Waals surface area contributed by atoms with Crippen molar-refractivity contribution in [2.45, 2.75) is 32.9 Å². The summed E-state index contributed by atoms with van der Waals surface area (Å²) in [7, 11) is 0. The molecule has 0 aromatic carbocycles. The highest BCUT2D eigenvalue weighted by molar-refractivity contribution is 5.78. The molecule has 1 aliphatic rings. The number of piperidine rings is 1. The number of hydrogen-bond acceptors (Lipinski definition) is 4. The molecule has 1 atom stereocenters. The van der Waals surface area contributed by atoms with Crippen LogP contribution in [0.15, 0.2) is 28.9 Å². The first-order valence-corrected chi connectivity index (χ1v) is 7.74. The van der Waals surface area contributed by atoms with E-state index in [0.29, 0.717) is 6.54 Å². The van der Waals surface area contributed by atoms with Crippen molar-refractivity contribution in [3.8, 4) is 0 Å². The van der Waals surface area contributed by atoms with E-state index in [1.165, 1.54) is 0 Å². The fourth-order valence-electron chi connectivity index (χ4n) is 2.92. The summed E-state index contributed by atoms with van der Waals surface area (Å²) in [5.41, 5.74) is 1.88. The summed E-state index contributed by atoms with van der Waals surface area (Å²) < 4.78 is 5.39. The van der Waals surface area contributed by atoms with Gasteiger partial charge in [-0.1, -0.05) is 0 Å². The SMILES string of the molecule is Cc1cc(CNC(=O)[C@@H]2CCCN(Cc3ccco3)C2)n[nH]1. The number of aromatic nitrogens is 2. The Morgan fingerprint density at radius 1 is 1.59 bits per heavy atom. The topological polar surface area (TPSA) is 74.2 Å². The van der Waals surface area contributed by atoms with Gasteiger partial charge in [0, 0.05) is 12.2 Å². The van der Waals surface area contributed by atoms with Gasteiger partial charge < -0.3 is 9.73 Å². The van der Waals surface area contributed by atoms with E-state index in [2.05, 4.69) is 20.4 Å². The molecule has 6 heteroatoms. The van der Waals surface area contributed by atoms with Crippen molar-refractivity contribution < 1.29 is 9.21 Å². The molecule has 3 rings (SSSR count). The summed E-state index contributed by atoms with van der Waals surface area (Å²) in [5, 5.41) is 10.0. The third kappa shape index (κ3) is 3.76. The number of H-pyrrole nitrogens is 1. The van der Waals surface area contributed by atoms with Crippen LogP contribution in [0.4, 0.5) is 0 Å². The summed E-state index contributed by atoms with van der Waals surface area (Å²) in [5.74, 6) is 1.11. The lowest BCUT2D eigenvalue weighted by Gasteiger charge is -2.31. The number of hydrogen-bond donors (Lipinski definition) is 2. The van der Waals surface area contributed by atoms with Crippen molar-refractivity contribution in [3.63, 3.8) is 0 Å². The summed E-state index contributed by atoms with van der Waals surface area (Å²) in [6.07, 6.45) is 3.68. The molecule has 0 radical (unpaired) electrons. The van der Waals surface area contributed by atoms with E-state index in [4.69, 9.17) is 4.42 Å². The van der Waals surface area contributed by atoms with Gasteiger partial charge in [0.25, 0.3) is 0 Å². The minimum atomic E-state index is 0.0451. The number of likely N-dealkylation sites (tertiary alicyclic amines) is 1. The second-order valence-electron chi connectivity index (χ2n) is 5.91. The molecule has 118 valence electrons. The number of amides is 1. The highest BCUT2D eigenvalue weighted by Gasteiger charge is 2.26. The van der Waals surface area contributed by atoms with Crippen molar-refractivity contribution in [2.75, 3.05) is 13.1 Å². The van der Waals surface area contributed by atoms with Crippen LogP contribution < -0.4 is 5.32 Å². The zero-order valence-electron chi connectivity index (χ0n) is 12.8. The lowest BCUT2D eigenvalue weighted by Crippen LogP contribution is -2.42. The zero-order chi connectivity index (χ0) is 15.4. The van der Waals surface area contributed by atoms with E-state index in [0.717, 1.165) is 49.6 Å². The number of aryl methyl sites for hydroxylation is 1. The molecule has 0 unspecified atom stereocenters. The molecule has 0 spiro atoms. The van der Waals surface area contributed by atoms with Gasteiger partial charge in [-0.3, -0.25) is 14.8 Å². The Morgan fingerprint density at radius 2 is 2.50 bits per heavy atom. The van der Waals surface area contributed by atoms with Crippen molar-refractivity contribution in [3.05, 3.63) is 41.6 Å². The summed E-state index contributed by atoms with van der Waals surface area (Å²) in [4.78, 5) is 14.6. The third-order valence-corrected chi connectivity index (χ3v) is 4.04. The molecule has 0 aliphatic carbocycles. The van der Waals surface area contributed by atoms with Gasteiger partial charge in [0.15, 0.2) is 0 Å². The Morgan fingerprint density at radius 3 is 3.23 bits per heavy atom. The molecule has 0 saturated carbocycles. The highest BCUT2D eigenvalue weighted by atomic mass is 16.3. The summed E-state index contributed by atoms with van der Waals surface area (Å²) >= 11 is 0. The maximum Gasteiger partial charge on any atom is 0.224 e. The van der Waals surface area contributed by atoms with Crippen LogP contribution in [0, 0.1) is 12.8 Å². The lowest BCUT2D eigenvalue weighted by atomic mass is 9.97. The van der Waals surface area contributed by atoms with Crippen molar-refractivity contribution in [1.29, 1.82) is 0 Å². The second-order valence-corrected chi connectivity index (χ2v) is 5.91. The predicted molar refractivity (Wildman–Crippen MR) is 81.9 cm³/mol. The average molecular weight is 302 g/mol. The largest absolute Gasteiger partial charge is 0.468 e. The minimum absolute atomic E-state index is 0.0451. The smallest absolute Gasteiger partial charge is 0.224 e. The fraction of sp³-hybridized carbons (Fsp3) is 0.500. The van der Waals surface area contributed by atoms with Crippen LogP contribution in [0.3, 0.4) is 0 Å². The molecule has 1 saturated heterocycles. The number of nitrogens with one attached hydrogen (secondary N) is 2. The molecule has 6 nitrogen and oxygen atoms in total. The number of nitrogens with zero attached hydrogens (tertiary/aromatic N) is 2. The van der Waals surface area contributed by atoms with E-state index in [-0.39, 0.29) is 11.8 Å². The van der Waals surface area contributed by atoms with Crippen LogP contribution in [0.25, 0.3) is 0 Å². The van der Waals surface area contributed by atoms with E-state index in [1.54, 1.807) is 6.26 Å². The van der Waals surface area contributed by atoms with Crippen molar-refractivity contribution in [2.24, 2.45) is 5.92 Å². The second kappa shape index (κ2) is 6.79. The average Bonchev–Trinajstić information content (AvgIpc) is 3.17. The Labute approximate surface area is 129 Å². The van der Waals surface area contributed by atoms with Crippen LogP contribution >= 0.6 is 0 Å². The monoisotopic (exact) mass is 302 g/mol. The van der Waals surface area contributed by atoms with Gasteiger partial charge in [-0.25, -0.2) is 0 Å². The summed E-state index contributed by atoms with van der Waals surface area (Å²) in [6, 6.07) is 5.82. The van der Waals surface area contributed by atoms with Gasteiger partial charge in [0.05, 0.1) is 31.0 Å². The molecule has 2 N–H and O–H groups in total. The highest BCUT2D eigenvalue weighted by Crippen LogP contribution is 2.19. The van der Waals surface area contributed by atoms with Crippen LogP contribution in [0.5, 0.6) is 0 Å². The standard InChI is InChI=1S/C16H22N4O2/c1-12-8-14(19-18-12)9-17-16(21)13-4-2-6-20(10-13)11-15-5-3-7-22-15/h3,5,7-8,13H,2,4,6,9-11H2,1H3,(H,17,21)(H,18,19)/t13-/m1/s1. The first-order valence-electron chi connectivity index (χ1n) is 7.74. The maximum atomic E-state index is 12.3. The minimum Gasteiger partial charge on any atom is -0.468 e. The molecule has 2 aromatic heterocycles. The first kappa shape index (κ1) is 14.8. The Balaban J connectivity index is 1.49. The van der Waals surface area contributed by atoms with Crippen molar-refractivity contribution >= 4 is 5.91 Å². The van der Waals surface area contributed by atoms with Crippen molar-refractivity contribution in [1.82, 2.24) is 20.4 Å². The zero-order valence-corrected chi connectivity index (χ0v) is 12.8. The number of carbonyl (C=O) groups is 1. The van der Waals surface area contributed by atoms with Gasteiger partial charge in [-0.2, -0.15) is 5.10 Å². The third-order valence-electron chi connectivity index (χ3n) is 4.04. The molecular formula is C16H22N4O2. The molecule has 1 amide bonds. The Kier molecular flexibility index (Phi) is 4.58. The molecule has 1 fully saturated rings. The molecule has 22 heavy (non-hydrogen) atoms. The summed E-state index contributed by atoms with van der Waals surface area (Å²) in [6.45, 7) is 5.01. The number of carbonyl (C=O) groups excluding carboxylic acids is 1. The van der Waals surface area contributed by atoms with Crippen LogP contribution in [0.2, 0.25) is 0 Å². The Hall–Kier alpha value is -2.08. The first-order chi connectivity index (χ1) is 10.7. The normalized spacial score (nSPS) is 19.2. The van der Waals surface area contributed by atoms with Crippen LogP contribution in [0.1, 0.15) is 30.0 Å². The van der Waals surface area contributed by atoms with E-state index in [1.807, 2.05) is 25.1 Å². The maximum absolute atomic E-state index is 12.3.